The molecule has 1 fully saturated rings. The number of methoxy groups -OCH3 is 1. The van der Waals surface area contributed by atoms with Crippen molar-refractivity contribution in [2.24, 2.45) is 4.99 Å². The van der Waals surface area contributed by atoms with E-state index >= 15 is 0 Å². The first-order chi connectivity index (χ1) is 20.2. The molecule has 0 saturated carbocycles. The highest BCUT2D eigenvalue weighted by molar-refractivity contribution is 7.84. The first kappa shape index (κ1) is 36.2. The fraction of sp³-hybridized carbons (Fsp3) is 0.562. The molecular weight excluding hydrogens is 579 g/mol. The Morgan fingerprint density at radius 2 is 2.02 bits per heavy atom. The van der Waals surface area contributed by atoms with E-state index in [-0.39, 0.29) is 23.3 Å². The third kappa shape index (κ3) is 11.6. The van der Waals surface area contributed by atoms with Gasteiger partial charge < -0.3 is 19.5 Å². The number of aliphatic carboxylic acids is 1. The normalized spacial score (nSPS) is 19.9. The molecule has 1 atom stereocenters. The van der Waals surface area contributed by atoms with Gasteiger partial charge in [-0.05, 0) is 76.5 Å². The second kappa shape index (κ2) is 16.8. The number of rotatable bonds is 13. The quantitative estimate of drug-likeness (QED) is 0.0914. The molecule has 0 spiro atoms. The summed E-state index contributed by atoms with van der Waals surface area (Å²) in [6.07, 6.45) is 7.24. The molecular formula is C32H42F3N3O4S. The van der Waals surface area contributed by atoms with Crippen molar-refractivity contribution >= 4 is 24.4 Å². The van der Waals surface area contributed by atoms with Crippen LogP contribution in [0.15, 0.2) is 50.5 Å². The molecule has 0 radical (unpaired) electrons. The molecule has 1 aliphatic carbocycles. The summed E-state index contributed by atoms with van der Waals surface area (Å²) >= 11 is 4.27. The molecule has 2 rings (SSSR count). The summed E-state index contributed by atoms with van der Waals surface area (Å²) in [5.74, 6) is 8.30. The van der Waals surface area contributed by atoms with E-state index in [1.807, 2.05) is 13.8 Å². The molecule has 0 aromatic rings. The van der Waals surface area contributed by atoms with Crippen LogP contribution < -0.4 is 0 Å². The number of ether oxygens (including phenoxy) is 2. The molecule has 43 heavy (non-hydrogen) atoms. The van der Waals surface area contributed by atoms with Gasteiger partial charge in [0.2, 0.25) is 0 Å². The van der Waals surface area contributed by atoms with E-state index < -0.39 is 23.8 Å². The standard InChI is InChI=1S/C32H42F3N3O4S/c1-7-8-28(29(43)20-24(3)32(33,34)35)36-25(4)38-14-11-31(12-15-38,37(5)16-18-41-6)13-17-42-27-10-9-23(2)19-26(21-27)22-30(39)40/h1,19-21,27,43H,8,11-18,22H2,2-6H3,(H,39,40)/b24-20+,29-28-,36-25?. The summed E-state index contributed by atoms with van der Waals surface area (Å²) in [4.78, 5) is 20.3. The smallest absolute Gasteiger partial charge is 0.412 e. The molecule has 7 nitrogen and oxygen atoms in total. The number of halogens is 3. The molecule has 1 unspecified atom stereocenters. The van der Waals surface area contributed by atoms with Crippen LogP contribution in [0.4, 0.5) is 13.2 Å². The molecule has 1 aliphatic heterocycles. The van der Waals surface area contributed by atoms with Gasteiger partial charge in [-0.1, -0.05) is 11.8 Å². The fourth-order valence-electron chi connectivity index (χ4n) is 4.99. The van der Waals surface area contributed by atoms with E-state index in [2.05, 4.69) is 52.2 Å². The number of piperidine rings is 1. The van der Waals surface area contributed by atoms with Crippen molar-refractivity contribution in [2.45, 2.75) is 70.7 Å². The Morgan fingerprint density at radius 1 is 1.35 bits per heavy atom. The van der Waals surface area contributed by atoms with Crippen LogP contribution in [-0.4, -0.2) is 91.5 Å². The Balaban J connectivity index is 2.19. The molecule has 1 saturated heterocycles. The van der Waals surface area contributed by atoms with Crippen molar-refractivity contribution < 1.29 is 32.5 Å². The van der Waals surface area contributed by atoms with Crippen molar-refractivity contribution in [2.75, 3.05) is 47.0 Å². The minimum atomic E-state index is -4.46. The zero-order valence-electron chi connectivity index (χ0n) is 25.6. The number of aliphatic imine (C=N–C) groups is 1. The first-order valence-corrected chi connectivity index (χ1v) is 14.5. The lowest BCUT2D eigenvalue weighted by Crippen LogP contribution is -2.56. The van der Waals surface area contributed by atoms with Crippen molar-refractivity contribution in [1.29, 1.82) is 0 Å². The number of hydrogen-bond donors (Lipinski definition) is 2. The number of terminal acetylenes is 1. The lowest BCUT2D eigenvalue weighted by Gasteiger charge is -2.48. The predicted molar refractivity (Wildman–Crippen MR) is 167 cm³/mol. The van der Waals surface area contributed by atoms with Gasteiger partial charge in [0.05, 0.1) is 31.8 Å². The number of amidine groups is 1. The maximum absolute atomic E-state index is 13.1. The van der Waals surface area contributed by atoms with Crippen LogP contribution in [0, 0.1) is 24.2 Å². The van der Waals surface area contributed by atoms with E-state index in [4.69, 9.17) is 15.9 Å². The molecule has 11 heteroatoms. The average molecular weight is 622 g/mol. The average Bonchev–Trinajstić information content (AvgIpc) is 3.10. The molecule has 1 N–H and O–H groups in total. The number of alkyl halides is 3. The summed E-state index contributed by atoms with van der Waals surface area (Å²) in [6.45, 7) is 7.70. The van der Waals surface area contributed by atoms with Crippen LogP contribution in [0.5, 0.6) is 0 Å². The largest absolute Gasteiger partial charge is 0.481 e. The Morgan fingerprint density at radius 3 is 2.60 bits per heavy atom. The summed E-state index contributed by atoms with van der Waals surface area (Å²) < 4.78 is 50.6. The number of nitrogens with zero attached hydrogens (tertiary/aromatic N) is 3. The minimum Gasteiger partial charge on any atom is -0.481 e. The third-order valence-electron chi connectivity index (χ3n) is 7.65. The fourth-order valence-corrected chi connectivity index (χ4v) is 5.31. The topological polar surface area (TPSA) is 74.6 Å². The van der Waals surface area contributed by atoms with E-state index in [9.17, 15) is 23.1 Å². The molecule has 0 amide bonds. The zero-order chi connectivity index (χ0) is 32.2. The van der Waals surface area contributed by atoms with E-state index in [0.29, 0.717) is 49.8 Å². The maximum Gasteiger partial charge on any atom is 0.412 e. The number of allylic oxidation sites excluding steroid dienone is 5. The first-order valence-electron chi connectivity index (χ1n) is 14.1. The van der Waals surface area contributed by atoms with E-state index in [0.717, 1.165) is 38.0 Å². The van der Waals surface area contributed by atoms with Gasteiger partial charge >= 0.3 is 12.1 Å². The summed E-state index contributed by atoms with van der Waals surface area (Å²) in [7, 11) is 3.73. The lowest BCUT2D eigenvalue weighted by atomic mass is 9.83. The van der Waals surface area contributed by atoms with Crippen molar-refractivity contribution in [3.63, 3.8) is 0 Å². The van der Waals surface area contributed by atoms with Gasteiger partial charge in [0.25, 0.3) is 0 Å². The molecule has 0 aromatic heterocycles. The van der Waals surface area contributed by atoms with Gasteiger partial charge in [0.1, 0.15) is 11.9 Å². The van der Waals surface area contributed by atoms with E-state index in [1.165, 1.54) is 0 Å². The van der Waals surface area contributed by atoms with E-state index in [1.54, 1.807) is 19.3 Å². The molecule has 0 bridgehead atoms. The number of carbonyl (C=O) groups is 1. The summed E-state index contributed by atoms with van der Waals surface area (Å²) in [5, 5.41) is 9.23. The van der Waals surface area contributed by atoms with Gasteiger partial charge in [0, 0.05) is 42.8 Å². The van der Waals surface area contributed by atoms with Crippen molar-refractivity contribution in [3.05, 3.63) is 45.5 Å². The summed E-state index contributed by atoms with van der Waals surface area (Å²) in [5.41, 5.74) is 0.760. The molecule has 1 heterocycles. The Labute approximate surface area is 259 Å². The highest BCUT2D eigenvalue weighted by Crippen LogP contribution is 2.33. The zero-order valence-corrected chi connectivity index (χ0v) is 26.4. The number of likely N-dealkylation sites (tertiary alicyclic amines) is 1. The number of carboxylic acid groups (broad SMARTS) is 1. The second-order valence-electron chi connectivity index (χ2n) is 10.8. The Hall–Kier alpha value is -2.96. The maximum atomic E-state index is 13.1. The predicted octanol–water partition coefficient (Wildman–Crippen LogP) is 5.63. The van der Waals surface area contributed by atoms with Gasteiger partial charge in [-0.2, -0.15) is 13.2 Å². The second-order valence-corrected chi connectivity index (χ2v) is 11.3. The van der Waals surface area contributed by atoms with Crippen LogP contribution in [-0.2, 0) is 14.3 Å². The van der Waals surface area contributed by atoms with Gasteiger partial charge in [-0.25, -0.2) is 4.99 Å². The molecule has 2 aliphatic rings. The Bertz CT molecular complexity index is 1260. The minimum absolute atomic E-state index is 0.0500. The van der Waals surface area contributed by atoms with Crippen LogP contribution in [0.3, 0.4) is 0 Å². The SMILES string of the molecule is C#CC/C(N=C(C)N1CCC(CCOC2C#CC(C)=CC(CC(=O)O)=C2)(N(C)CCOC)CC1)=C(S)\C=C(/C)C(F)(F)F. The van der Waals surface area contributed by atoms with Gasteiger partial charge in [0.15, 0.2) is 0 Å². The third-order valence-corrected chi connectivity index (χ3v) is 8.04. The number of carboxylic acids is 1. The highest BCUT2D eigenvalue weighted by atomic mass is 32.1. The number of thiol groups is 1. The lowest BCUT2D eigenvalue weighted by molar-refractivity contribution is -0.136. The van der Waals surface area contributed by atoms with Crippen LogP contribution >= 0.6 is 12.6 Å². The van der Waals surface area contributed by atoms with Crippen LogP contribution in [0.2, 0.25) is 0 Å². The van der Waals surface area contributed by atoms with Crippen LogP contribution in [0.1, 0.15) is 52.9 Å². The van der Waals surface area contributed by atoms with Crippen molar-refractivity contribution in [3.8, 4) is 24.2 Å². The monoisotopic (exact) mass is 621 g/mol. The number of hydrogen-bond acceptors (Lipinski definition) is 6. The Kier molecular flexibility index (Phi) is 14.1. The van der Waals surface area contributed by atoms with Crippen LogP contribution in [0.25, 0.3) is 0 Å². The molecule has 0 aromatic carbocycles. The van der Waals surface area contributed by atoms with Gasteiger partial charge in [-0.3, -0.25) is 9.69 Å². The summed E-state index contributed by atoms with van der Waals surface area (Å²) in [6, 6.07) is 0. The van der Waals surface area contributed by atoms with Crippen molar-refractivity contribution in [1.82, 2.24) is 9.80 Å². The molecule has 236 valence electrons. The number of likely N-dealkylation sites (N-methyl/N-ethyl adjacent to an activating group) is 1. The van der Waals surface area contributed by atoms with Gasteiger partial charge in [-0.15, -0.1) is 25.0 Å². The highest BCUT2D eigenvalue weighted by Gasteiger charge is 2.38.